The molecule has 1 atom stereocenters. The molecule has 5 nitrogen and oxygen atoms in total. The van der Waals surface area contributed by atoms with Crippen LogP contribution in [0.3, 0.4) is 0 Å². The summed E-state index contributed by atoms with van der Waals surface area (Å²) >= 11 is 0. The van der Waals surface area contributed by atoms with Gasteiger partial charge in [-0.1, -0.05) is 24.3 Å². The molecule has 138 valence electrons. The van der Waals surface area contributed by atoms with E-state index in [4.69, 9.17) is 0 Å². The van der Waals surface area contributed by atoms with Gasteiger partial charge >= 0.3 is 0 Å². The predicted octanol–water partition coefficient (Wildman–Crippen LogP) is 3.79. The molecule has 1 amide bonds. The van der Waals surface area contributed by atoms with E-state index in [1.165, 1.54) is 5.69 Å². The number of nitrogens with zero attached hydrogens (tertiary/aromatic N) is 2. The van der Waals surface area contributed by atoms with E-state index in [2.05, 4.69) is 46.7 Å². The number of hydrogen-bond acceptors (Lipinski definition) is 4. The van der Waals surface area contributed by atoms with E-state index in [-0.39, 0.29) is 11.9 Å². The van der Waals surface area contributed by atoms with Crippen LogP contribution in [0.4, 0.5) is 11.4 Å². The summed E-state index contributed by atoms with van der Waals surface area (Å²) in [6, 6.07) is 15.7. The highest BCUT2D eigenvalue weighted by atomic mass is 16.2. The first-order valence-electron chi connectivity index (χ1n) is 9.04. The Morgan fingerprint density at radius 3 is 2.46 bits per heavy atom. The molecule has 0 unspecified atom stereocenters. The summed E-state index contributed by atoms with van der Waals surface area (Å²) in [6.07, 6.45) is 1.66. The highest BCUT2D eigenvalue weighted by molar-refractivity contribution is 5.86. The largest absolute Gasteiger partial charge is 0.374 e. The summed E-state index contributed by atoms with van der Waals surface area (Å²) in [5.41, 5.74) is 6.78. The lowest BCUT2D eigenvalue weighted by atomic mass is 10.2. The molecule has 0 aliphatic rings. The molecule has 0 bridgehead atoms. The molecule has 0 saturated heterocycles. The number of carbonyl (C=O) groups excluding carboxylic acids is 1. The Balaban J connectivity index is 1.87. The van der Waals surface area contributed by atoms with Crippen LogP contribution < -0.4 is 15.6 Å². The van der Waals surface area contributed by atoms with Gasteiger partial charge in [0.2, 0.25) is 0 Å². The van der Waals surface area contributed by atoms with E-state index in [0.29, 0.717) is 0 Å². The lowest BCUT2D eigenvalue weighted by Crippen LogP contribution is -2.34. The van der Waals surface area contributed by atoms with E-state index in [1.54, 1.807) is 6.21 Å². The Bertz CT molecular complexity index is 736. The Labute approximate surface area is 156 Å². The van der Waals surface area contributed by atoms with Crippen molar-refractivity contribution in [1.29, 1.82) is 0 Å². The highest BCUT2D eigenvalue weighted by Gasteiger charge is 2.11. The number of nitrogens with one attached hydrogen (secondary N) is 2. The number of hydrazone groups is 1. The Morgan fingerprint density at radius 2 is 1.85 bits per heavy atom. The van der Waals surface area contributed by atoms with Crippen molar-refractivity contribution >= 4 is 23.5 Å². The minimum absolute atomic E-state index is 0.178. The zero-order chi connectivity index (χ0) is 18.9. The highest BCUT2D eigenvalue weighted by Crippen LogP contribution is 2.14. The van der Waals surface area contributed by atoms with Gasteiger partial charge in [-0.25, -0.2) is 5.43 Å². The predicted molar refractivity (Wildman–Crippen MR) is 110 cm³/mol. The lowest BCUT2D eigenvalue weighted by molar-refractivity contribution is -0.121. The molecule has 26 heavy (non-hydrogen) atoms. The SMILES string of the molecule is CCN(CC)c1ccc(/C=N\NC(=O)[C@@H](C)Nc2cccc(C)c2)cc1. The molecule has 0 spiro atoms. The van der Waals surface area contributed by atoms with Crippen molar-refractivity contribution in [3.8, 4) is 0 Å². The van der Waals surface area contributed by atoms with Gasteiger partial charge < -0.3 is 10.2 Å². The maximum Gasteiger partial charge on any atom is 0.262 e. The van der Waals surface area contributed by atoms with E-state index >= 15 is 0 Å². The Kier molecular flexibility index (Phi) is 7.21. The first-order chi connectivity index (χ1) is 12.5. The standard InChI is InChI=1S/C21H28N4O/c1-5-25(6-2)20-12-10-18(11-13-20)15-22-24-21(26)17(4)23-19-9-7-8-16(3)14-19/h7-15,17,23H,5-6H2,1-4H3,(H,24,26)/b22-15-/t17-/m1/s1. The Hall–Kier alpha value is -2.82. The zero-order valence-electron chi connectivity index (χ0n) is 16.0. The van der Waals surface area contributed by atoms with Gasteiger partial charge in [-0.2, -0.15) is 5.10 Å². The minimum atomic E-state index is -0.376. The van der Waals surface area contributed by atoms with Crippen LogP contribution in [0, 0.1) is 6.92 Å². The molecule has 0 aliphatic carbocycles. The summed E-state index contributed by atoms with van der Waals surface area (Å²) in [6.45, 7) is 10.1. The van der Waals surface area contributed by atoms with Gasteiger partial charge in [0.15, 0.2) is 0 Å². The molecule has 2 aromatic rings. The molecule has 0 saturated carbocycles. The summed E-state index contributed by atoms with van der Waals surface area (Å²) in [5.74, 6) is -0.178. The number of aryl methyl sites for hydroxylation is 1. The van der Waals surface area contributed by atoms with Gasteiger partial charge in [0, 0.05) is 24.5 Å². The van der Waals surface area contributed by atoms with Crippen LogP contribution in [0.1, 0.15) is 31.9 Å². The number of benzene rings is 2. The number of rotatable bonds is 8. The molecular weight excluding hydrogens is 324 g/mol. The average Bonchev–Trinajstić information content (AvgIpc) is 2.64. The molecule has 5 heteroatoms. The molecule has 0 radical (unpaired) electrons. The van der Waals surface area contributed by atoms with Gasteiger partial charge in [-0.15, -0.1) is 0 Å². The first kappa shape index (κ1) is 19.5. The molecule has 2 rings (SSSR count). The van der Waals surface area contributed by atoms with E-state index < -0.39 is 0 Å². The summed E-state index contributed by atoms with van der Waals surface area (Å²) in [7, 11) is 0. The van der Waals surface area contributed by atoms with Gasteiger partial charge in [-0.3, -0.25) is 4.79 Å². The first-order valence-corrected chi connectivity index (χ1v) is 9.04. The smallest absolute Gasteiger partial charge is 0.262 e. The Morgan fingerprint density at radius 1 is 1.15 bits per heavy atom. The maximum absolute atomic E-state index is 12.1. The lowest BCUT2D eigenvalue weighted by Gasteiger charge is -2.20. The third kappa shape index (κ3) is 5.62. The van der Waals surface area contributed by atoms with Crippen molar-refractivity contribution in [1.82, 2.24) is 5.43 Å². The van der Waals surface area contributed by atoms with E-state index in [1.807, 2.05) is 50.2 Å². The summed E-state index contributed by atoms with van der Waals surface area (Å²) in [5, 5.41) is 7.23. The van der Waals surface area contributed by atoms with Crippen molar-refractivity contribution in [2.45, 2.75) is 33.7 Å². The zero-order valence-corrected chi connectivity index (χ0v) is 16.0. The minimum Gasteiger partial charge on any atom is -0.374 e. The molecule has 0 fully saturated rings. The maximum atomic E-state index is 12.1. The topological polar surface area (TPSA) is 56.7 Å². The molecule has 0 aliphatic heterocycles. The number of carbonyl (C=O) groups is 1. The molecule has 2 aromatic carbocycles. The normalized spacial score (nSPS) is 12.0. The van der Waals surface area contributed by atoms with E-state index in [0.717, 1.165) is 29.9 Å². The second-order valence-corrected chi connectivity index (χ2v) is 6.23. The third-order valence-electron chi connectivity index (χ3n) is 4.20. The second-order valence-electron chi connectivity index (χ2n) is 6.23. The van der Waals surface area contributed by atoms with Crippen molar-refractivity contribution in [2.24, 2.45) is 5.10 Å². The quantitative estimate of drug-likeness (QED) is 0.561. The van der Waals surface area contributed by atoms with Crippen molar-refractivity contribution < 1.29 is 4.79 Å². The fourth-order valence-electron chi connectivity index (χ4n) is 2.68. The van der Waals surface area contributed by atoms with Crippen LogP contribution >= 0.6 is 0 Å². The van der Waals surface area contributed by atoms with Crippen LogP contribution in [0.2, 0.25) is 0 Å². The van der Waals surface area contributed by atoms with Crippen LogP contribution in [0.15, 0.2) is 53.6 Å². The molecule has 2 N–H and O–H groups in total. The van der Waals surface area contributed by atoms with Gasteiger partial charge in [0.05, 0.1) is 6.21 Å². The molecular formula is C21H28N4O. The second kappa shape index (κ2) is 9.61. The van der Waals surface area contributed by atoms with Crippen LogP contribution in [-0.4, -0.2) is 31.3 Å². The van der Waals surface area contributed by atoms with Crippen molar-refractivity contribution in [3.05, 3.63) is 59.7 Å². The summed E-state index contributed by atoms with van der Waals surface area (Å²) < 4.78 is 0. The van der Waals surface area contributed by atoms with Crippen LogP contribution in [-0.2, 0) is 4.79 Å². The summed E-state index contributed by atoms with van der Waals surface area (Å²) in [4.78, 5) is 14.4. The van der Waals surface area contributed by atoms with Crippen LogP contribution in [0.25, 0.3) is 0 Å². The molecule has 0 aromatic heterocycles. The van der Waals surface area contributed by atoms with Crippen molar-refractivity contribution in [2.75, 3.05) is 23.3 Å². The number of anilines is 2. The van der Waals surface area contributed by atoms with Crippen LogP contribution in [0.5, 0.6) is 0 Å². The average molecular weight is 352 g/mol. The fraction of sp³-hybridized carbons (Fsp3) is 0.333. The number of amides is 1. The van der Waals surface area contributed by atoms with Gasteiger partial charge in [0.25, 0.3) is 5.91 Å². The van der Waals surface area contributed by atoms with E-state index in [9.17, 15) is 4.79 Å². The van der Waals surface area contributed by atoms with Gasteiger partial charge in [-0.05, 0) is 63.1 Å². The van der Waals surface area contributed by atoms with Crippen molar-refractivity contribution in [3.63, 3.8) is 0 Å². The monoisotopic (exact) mass is 352 g/mol. The molecule has 0 heterocycles. The van der Waals surface area contributed by atoms with Gasteiger partial charge in [0.1, 0.15) is 6.04 Å². The number of hydrogen-bond donors (Lipinski definition) is 2. The fourth-order valence-corrected chi connectivity index (χ4v) is 2.68. The third-order valence-corrected chi connectivity index (χ3v) is 4.20.